The highest BCUT2D eigenvalue weighted by atomic mass is 127. The molecule has 1 unspecified atom stereocenters. The van der Waals surface area contributed by atoms with Gasteiger partial charge in [0.05, 0.1) is 12.5 Å². The number of benzene rings is 1. The van der Waals surface area contributed by atoms with Gasteiger partial charge < -0.3 is 4.74 Å². The summed E-state index contributed by atoms with van der Waals surface area (Å²) in [6, 6.07) is 9.99. The zero-order chi connectivity index (χ0) is 10.4. The van der Waals surface area contributed by atoms with Crippen LogP contribution in [0.15, 0.2) is 24.3 Å². The number of halogens is 1. The second-order valence-corrected chi connectivity index (χ2v) is 4.21. The van der Waals surface area contributed by atoms with Crippen molar-refractivity contribution in [2.24, 2.45) is 0 Å². The molecule has 0 aliphatic carbocycles. The molecule has 0 saturated carbocycles. The van der Waals surface area contributed by atoms with Crippen molar-refractivity contribution in [3.63, 3.8) is 0 Å². The first-order valence-corrected chi connectivity index (χ1v) is 5.63. The summed E-state index contributed by atoms with van der Waals surface area (Å²) in [6.45, 7) is 2.02. The summed E-state index contributed by atoms with van der Waals surface area (Å²) in [6.07, 6.45) is 1.32. The van der Waals surface area contributed by atoms with E-state index in [2.05, 4.69) is 28.7 Å². The maximum Gasteiger partial charge on any atom is 0.120 e. The van der Waals surface area contributed by atoms with E-state index in [1.165, 1.54) is 0 Å². The van der Waals surface area contributed by atoms with Gasteiger partial charge >= 0.3 is 0 Å². The molecule has 0 aromatic heterocycles. The molecule has 0 amide bonds. The van der Waals surface area contributed by atoms with Crippen molar-refractivity contribution < 1.29 is 4.74 Å². The Balaban J connectivity index is 2.63. The highest BCUT2D eigenvalue weighted by molar-refractivity contribution is 14.1. The maximum absolute atomic E-state index is 8.57. The lowest BCUT2D eigenvalue weighted by molar-refractivity contribution is 0.202. The standard InChI is InChI=1S/C11H12INO/c1-2-10(6-7-13)14-11-5-3-4-9(12)8-11/h3-5,8,10H,2,6H2,1H3. The average molecular weight is 301 g/mol. The molecule has 1 aromatic carbocycles. The SMILES string of the molecule is CCC(CC#N)Oc1cccc(I)c1. The molecular formula is C11H12INO. The molecule has 0 heterocycles. The molecule has 0 spiro atoms. The Labute approximate surface area is 98.0 Å². The van der Waals surface area contributed by atoms with Crippen molar-refractivity contribution in [3.8, 4) is 11.8 Å². The Morgan fingerprint density at radius 3 is 2.93 bits per heavy atom. The van der Waals surface area contributed by atoms with Gasteiger partial charge in [0, 0.05) is 3.57 Å². The second-order valence-electron chi connectivity index (χ2n) is 2.97. The summed E-state index contributed by atoms with van der Waals surface area (Å²) in [5, 5.41) is 8.57. The molecule has 1 atom stereocenters. The zero-order valence-electron chi connectivity index (χ0n) is 8.03. The third-order valence-electron chi connectivity index (χ3n) is 1.87. The fourth-order valence-corrected chi connectivity index (χ4v) is 1.62. The van der Waals surface area contributed by atoms with Gasteiger partial charge in [-0.15, -0.1) is 0 Å². The smallest absolute Gasteiger partial charge is 0.120 e. The monoisotopic (exact) mass is 301 g/mol. The summed E-state index contributed by atoms with van der Waals surface area (Å²) >= 11 is 2.24. The molecule has 14 heavy (non-hydrogen) atoms. The molecule has 3 heteroatoms. The first kappa shape index (κ1) is 11.3. The van der Waals surface area contributed by atoms with Gasteiger partial charge in [0.2, 0.25) is 0 Å². The largest absolute Gasteiger partial charge is 0.489 e. The van der Waals surface area contributed by atoms with Crippen LogP contribution < -0.4 is 4.74 Å². The lowest BCUT2D eigenvalue weighted by atomic mass is 10.2. The number of hydrogen-bond donors (Lipinski definition) is 0. The van der Waals surface area contributed by atoms with E-state index in [-0.39, 0.29) is 6.10 Å². The van der Waals surface area contributed by atoms with Gasteiger partial charge in [-0.25, -0.2) is 0 Å². The maximum atomic E-state index is 8.57. The quantitative estimate of drug-likeness (QED) is 0.799. The normalized spacial score (nSPS) is 11.8. The van der Waals surface area contributed by atoms with E-state index < -0.39 is 0 Å². The molecule has 1 rings (SSSR count). The lowest BCUT2D eigenvalue weighted by Gasteiger charge is -2.14. The van der Waals surface area contributed by atoms with Crippen LogP contribution >= 0.6 is 22.6 Å². The fraction of sp³-hybridized carbons (Fsp3) is 0.364. The summed E-state index contributed by atoms with van der Waals surface area (Å²) in [5.41, 5.74) is 0. The third-order valence-corrected chi connectivity index (χ3v) is 2.54. The summed E-state index contributed by atoms with van der Waals surface area (Å²) in [7, 11) is 0. The highest BCUT2D eigenvalue weighted by Crippen LogP contribution is 2.17. The number of nitrogens with zero attached hydrogens (tertiary/aromatic N) is 1. The molecule has 0 fully saturated rings. The van der Waals surface area contributed by atoms with Crippen LogP contribution in [0.5, 0.6) is 5.75 Å². The van der Waals surface area contributed by atoms with Crippen molar-refractivity contribution in [3.05, 3.63) is 27.8 Å². The molecule has 0 radical (unpaired) electrons. The van der Waals surface area contributed by atoms with Crippen molar-refractivity contribution >= 4 is 22.6 Å². The first-order valence-electron chi connectivity index (χ1n) is 4.55. The summed E-state index contributed by atoms with van der Waals surface area (Å²) < 4.78 is 6.80. The first-order chi connectivity index (χ1) is 6.76. The average Bonchev–Trinajstić information content (AvgIpc) is 2.17. The van der Waals surface area contributed by atoms with Crippen molar-refractivity contribution in [1.29, 1.82) is 5.26 Å². The van der Waals surface area contributed by atoms with Crippen molar-refractivity contribution in [2.75, 3.05) is 0 Å². The van der Waals surface area contributed by atoms with Crippen LogP contribution in [0.25, 0.3) is 0 Å². The molecule has 0 aliphatic heterocycles. The Hall–Kier alpha value is -0.760. The van der Waals surface area contributed by atoms with Gasteiger partial charge in [-0.3, -0.25) is 0 Å². The van der Waals surface area contributed by atoms with Gasteiger partial charge in [-0.1, -0.05) is 13.0 Å². The van der Waals surface area contributed by atoms with Gasteiger partial charge in [0.1, 0.15) is 11.9 Å². The minimum absolute atomic E-state index is 0.0122. The lowest BCUT2D eigenvalue weighted by Crippen LogP contribution is -2.14. The highest BCUT2D eigenvalue weighted by Gasteiger charge is 2.06. The van der Waals surface area contributed by atoms with E-state index in [0.29, 0.717) is 6.42 Å². The topological polar surface area (TPSA) is 33.0 Å². The molecule has 0 aliphatic rings. The molecule has 0 bridgehead atoms. The minimum Gasteiger partial charge on any atom is -0.489 e. The van der Waals surface area contributed by atoms with E-state index in [1.807, 2.05) is 31.2 Å². The van der Waals surface area contributed by atoms with E-state index in [4.69, 9.17) is 10.00 Å². The van der Waals surface area contributed by atoms with Gasteiger partial charge in [0.15, 0.2) is 0 Å². The minimum atomic E-state index is 0.0122. The van der Waals surface area contributed by atoms with Crippen LogP contribution in [0.1, 0.15) is 19.8 Å². The van der Waals surface area contributed by atoms with Crippen molar-refractivity contribution in [2.45, 2.75) is 25.9 Å². The third kappa shape index (κ3) is 3.54. The van der Waals surface area contributed by atoms with Crippen LogP contribution in [-0.4, -0.2) is 6.10 Å². The van der Waals surface area contributed by atoms with Crippen LogP contribution in [0.3, 0.4) is 0 Å². The summed E-state index contributed by atoms with van der Waals surface area (Å²) in [5.74, 6) is 0.846. The Kier molecular flexibility index (Phi) is 4.74. The fourth-order valence-electron chi connectivity index (χ4n) is 1.10. The predicted molar refractivity (Wildman–Crippen MR) is 64.1 cm³/mol. The van der Waals surface area contributed by atoms with Crippen molar-refractivity contribution in [1.82, 2.24) is 0 Å². The number of hydrogen-bond acceptors (Lipinski definition) is 2. The number of ether oxygens (including phenoxy) is 1. The Bertz CT molecular complexity index is 332. The predicted octanol–water partition coefficient (Wildman–Crippen LogP) is 3.36. The summed E-state index contributed by atoms with van der Waals surface area (Å²) in [4.78, 5) is 0. The van der Waals surface area contributed by atoms with Gasteiger partial charge in [-0.05, 0) is 47.2 Å². The van der Waals surface area contributed by atoms with E-state index >= 15 is 0 Å². The molecule has 0 N–H and O–H groups in total. The van der Waals surface area contributed by atoms with E-state index in [9.17, 15) is 0 Å². The van der Waals surface area contributed by atoms with Crippen LogP contribution in [0.2, 0.25) is 0 Å². The zero-order valence-corrected chi connectivity index (χ0v) is 10.2. The van der Waals surface area contributed by atoms with Gasteiger partial charge in [-0.2, -0.15) is 5.26 Å². The molecule has 74 valence electrons. The second kappa shape index (κ2) is 5.86. The molecule has 2 nitrogen and oxygen atoms in total. The number of rotatable bonds is 4. The Morgan fingerprint density at radius 1 is 1.57 bits per heavy atom. The number of nitriles is 1. The van der Waals surface area contributed by atoms with E-state index in [0.717, 1.165) is 15.7 Å². The molecule has 0 saturated heterocycles. The van der Waals surface area contributed by atoms with Crippen LogP contribution in [-0.2, 0) is 0 Å². The van der Waals surface area contributed by atoms with E-state index in [1.54, 1.807) is 0 Å². The van der Waals surface area contributed by atoms with Crippen LogP contribution in [0, 0.1) is 14.9 Å². The van der Waals surface area contributed by atoms with Gasteiger partial charge in [0.25, 0.3) is 0 Å². The molecule has 1 aromatic rings. The van der Waals surface area contributed by atoms with Crippen LogP contribution in [0.4, 0.5) is 0 Å². The Morgan fingerprint density at radius 2 is 2.36 bits per heavy atom. The molecular weight excluding hydrogens is 289 g/mol.